The molecule has 0 radical (unpaired) electrons. The van der Waals surface area contributed by atoms with Crippen molar-refractivity contribution < 1.29 is 19.5 Å². The van der Waals surface area contributed by atoms with E-state index in [0.29, 0.717) is 31.6 Å². The highest BCUT2D eigenvalue weighted by Crippen LogP contribution is 2.36. The average Bonchev–Trinajstić information content (AvgIpc) is 2.54. The van der Waals surface area contributed by atoms with E-state index in [1.165, 1.54) is 17.9 Å². The Bertz CT molecular complexity index is 606. The van der Waals surface area contributed by atoms with Gasteiger partial charge in [-0.1, -0.05) is 13.8 Å². The number of hydrogen-bond acceptors (Lipinski definition) is 7. The van der Waals surface area contributed by atoms with Gasteiger partial charge in [0.05, 0.1) is 24.3 Å². The van der Waals surface area contributed by atoms with Crippen molar-refractivity contribution in [2.45, 2.75) is 25.9 Å². The molecular formula is C14H19N5O4. The zero-order valence-corrected chi connectivity index (χ0v) is 13.0. The van der Waals surface area contributed by atoms with Crippen molar-refractivity contribution in [3.63, 3.8) is 0 Å². The second-order valence-electron chi connectivity index (χ2n) is 6.12. The number of nitrogens with zero attached hydrogens (tertiary/aromatic N) is 4. The van der Waals surface area contributed by atoms with Crippen LogP contribution in [0.3, 0.4) is 0 Å². The fourth-order valence-electron chi connectivity index (χ4n) is 2.67. The number of carbonyl (C=O) groups is 2. The molecule has 9 nitrogen and oxygen atoms in total. The number of nitrogens with one attached hydrogen (secondary N) is 1. The quantitative estimate of drug-likeness (QED) is 0.605. The standard InChI is InChI=1S/C14H19N5O4/c1-8(2)7-23-14(21)19-6-10-11(19)5-18(10)13-15-3-9(4-16-13)12(20)17-22/h3-4,8,10-11,22H,5-7H2,1-2H3,(H,17,20)/t10-,11?/m1/s1. The molecule has 0 bridgehead atoms. The summed E-state index contributed by atoms with van der Waals surface area (Å²) in [7, 11) is 0. The van der Waals surface area contributed by atoms with E-state index in [-0.39, 0.29) is 23.7 Å². The van der Waals surface area contributed by atoms with Crippen molar-refractivity contribution in [1.82, 2.24) is 20.3 Å². The van der Waals surface area contributed by atoms with Gasteiger partial charge in [-0.2, -0.15) is 0 Å². The summed E-state index contributed by atoms with van der Waals surface area (Å²) in [6.45, 7) is 5.65. The van der Waals surface area contributed by atoms with Crippen LogP contribution in [0.25, 0.3) is 0 Å². The number of amides is 2. The van der Waals surface area contributed by atoms with Gasteiger partial charge in [0.2, 0.25) is 5.95 Å². The summed E-state index contributed by atoms with van der Waals surface area (Å²) in [5, 5.41) is 8.55. The molecule has 3 heterocycles. The van der Waals surface area contributed by atoms with Gasteiger partial charge in [-0.05, 0) is 5.92 Å². The van der Waals surface area contributed by atoms with Crippen LogP contribution in [0.1, 0.15) is 24.2 Å². The van der Waals surface area contributed by atoms with Crippen LogP contribution in [0.15, 0.2) is 12.4 Å². The molecule has 2 fully saturated rings. The van der Waals surface area contributed by atoms with Crippen LogP contribution in [-0.2, 0) is 4.74 Å². The first-order valence-corrected chi connectivity index (χ1v) is 7.47. The molecule has 2 amide bonds. The van der Waals surface area contributed by atoms with Crippen LogP contribution < -0.4 is 10.4 Å². The predicted molar refractivity (Wildman–Crippen MR) is 79.1 cm³/mol. The lowest BCUT2D eigenvalue weighted by Crippen LogP contribution is -2.80. The Hall–Kier alpha value is -2.42. The van der Waals surface area contributed by atoms with E-state index in [1.807, 2.05) is 18.7 Å². The Kier molecular flexibility index (Phi) is 4.03. The smallest absolute Gasteiger partial charge is 0.410 e. The van der Waals surface area contributed by atoms with Crippen LogP contribution in [-0.4, -0.2) is 63.9 Å². The average molecular weight is 321 g/mol. The predicted octanol–water partition coefficient (Wildman–Crippen LogP) is 0.261. The van der Waals surface area contributed by atoms with Gasteiger partial charge in [0.25, 0.3) is 5.91 Å². The maximum Gasteiger partial charge on any atom is 0.410 e. The van der Waals surface area contributed by atoms with Crippen molar-refractivity contribution >= 4 is 17.9 Å². The summed E-state index contributed by atoms with van der Waals surface area (Å²) in [5.41, 5.74) is 1.71. The third-order valence-electron chi connectivity index (χ3n) is 4.05. The molecule has 0 aromatic carbocycles. The van der Waals surface area contributed by atoms with Crippen molar-refractivity contribution in [3.8, 4) is 0 Å². The van der Waals surface area contributed by atoms with E-state index >= 15 is 0 Å². The van der Waals surface area contributed by atoms with Crippen LogP contribution in [0, 0.1) is 5.92 Å². The lowest BCUT2D eigenvalue weighted by atomic mass is 9.86. The summed E-state index contributed by atoms with van der Waals surface area (Å²) >= 11 is 0. The second kappa shape index (κ2) is 5.99. The zero-order chi connectivity index (χ0) is 16.6. The summed E-state index contributed by atoms with van der Waals surface area (Å²) in [6.07, 6.45) is 2.44. The molecule has 1 unspecified atom stereocenters. The first kappa shape index (κ1) is 15.5. The molecule has 2 saturated heterocycles. The molecule has 0 saturated carbocycles. The topological polar surface area (TPSA) is 108 Å². The number of aromatic nitrogens is 2. The Labute approximate surface area is 133 Å². The number of anilines is 1. The fourth-order valence-corrected chi connectivity index (χ4v) is 2.67. The largest absolute Gasteiger partial charge is 0.449 e. The van der Waals surface area contributed by atoms with Gasteiger partial charge >= 0.3 is 6.09 Å². The first-order valence-electron chi connectivity index (χ1n) is 7.47. The van der Waals surface area contributed by atoms with Crippen molar-refractivity contribution in [1.29, 1.82) is 0 Å². The van der Waals surface area contributed by atoms with Gasteiger partial charge in [-0.15, -0.1) is 0 Å². The number of carbonyl (C=O) groups excluding carboxylic acids is 2. The zero-order valence-electron chi connectivity index (χ0n) is 13.0. The molecule has 3 rings (SSSR count). The number of fused-ring (bicyclic) bond motifs is 1. The highest BCUT2D eigenvalue weighted by Gasteiger charge is 2.55. The molecule has 1 aromatic rings. The van der Waals surface area contributed by atoms with Crippen molar-refractivity contribution in [3.05, 3.63) is 18.0 Å². The molecule has 2 N–H and O–H groups in total. The van der Waals surface area contributed by atoms with Gasteiger partial charge in [-0.25, -0.2) is 20.2 Å². The molecular weight excluding hydrogens is 302 g/mol. The number of hydroxylamine groups is 1. The number of rotatable bonds is 4. The molecule has 0 aliphatic carbocycles. The number of hydrogen-bond donors (Lipinski definition) is 2. The molecule has 1 aromatic heterocycles. The minimum atomic E-state index is -0.652. The fraction of sp³-hybridized carbons (Fsp3) is 0.571. The molecule has 124 valence electrons. The molecule has 2 aliphatic rings. The Balaban J connectivity index is 1.53. The van der Waals surface area contributed by atoms with Crippen LogP contribution in [0.2, 0.25) is 0 Å². The number of ether oxygens (including phenoxy) is 1. The van der Waals surface area contributed by atoms with Crippen LogP contribution >= 0.6 is 0 Å². The number of piperazine rings is 1. The molecule has 2 atom stereocenters. The maximum absolute atomic E-state index is 11.9. The SMILES string of the molecule is CC(C)COC(=O)N1C[C@@H]2C1CN2c1ncc(C(=O)NO)cn1. The molecule has 9 heteroatoms. The third-order valence-corrected chi connectivity index (χ3v) is 4.05. The van der Waals surface area contributed by atoms with Crippen molar-refractivity contribution in [2.75, 3.05) is 24.6 Å². The van der Waals surface area contributed by atoms with E-state index in [1.54, 1.807) is 4.90 Å². The van der Waals surface area contributed by atoms with E-state index in [2.05, 4.69) is 9.97 Å². The minimum Gasteiger partial charge on any atom is -0.449 e. The van der Waals surface area contributed by atoms with Crippen LogP contribution in [0.5, 0.6) is 0 Å². The van der Waals surface area contributed by atoms with Gasteiger partial charge < -0.3 is 9.64 Å². The maximum atomic E-state index is 11.9. The lowest BCUT2D eigenvalue weighted by molar-refractivity contribution is -0.000570. The number of likely N-dealkylation sites (tertiary alicyclic amines) is 1. The van der Waals surface area contributed by atoms with E-state index in [4.69, 9.17) is 9.94 Å². The third kappa shape index (κ3) is 2.79. The second-order valence-corrected chi connectivity index (χ2v) is 6.12. The van der Waals surface area contributed by atoms with Crippen molar-refractivity contribution in [2.24, 2.45) is 5.92 Å². The highest BCUT2D eigenvalue weighted by atomic mass is 16.6. The monoisotopic (exact) mass is 321 g/mol. The Morgan fingerprint density at radius 2 is 2.04 bits per heavy atom. The Morgan fingerprint density at radius 3 is 2.57 bits per heavy atom. The summed E-state index contributed by atoms with van der Waals surface area (Å²) in [6, 6.07) is 0.331. The van der Waals surface area contributed by atoms with Gasteiger partial charge in [0, 0.05) is 25.5 Å². The highest BCUT2D eigenvalue weighted by molar-refractivity contribution is 5.92. The van der Waals surface area contributed by atoms with E-state index in [9.17, 15) is 9.59 Å². The minimum absolute atomic E-state index is 0.138. The molecule has 0 spiro atoms. The Morgan fingerprint density at radius 1 is 1.35 bits per heavy atom. The van der Waals surface area contributed by atoms with Gasteiger partial charge in [-0.3, -0.25) is 14.9 Å². The molecule has 2 aliphatic heterocycles. The van der Waals surface area contributed by atoms with E-state index < -0.39 is 5.91 Å². The van der Waals surface area contributed by atoms with E-state index in [0.717, 1.165) is 0 Å². The first-order chi connectivity index (χ1) is 11.0. The van der Waals surface area contributed by atoms with Crippen LogP contribution in [0.4, 0.5) is 10.7 Å². The normalized spacial score (nSPS) is 22.1. The van der Waals surface area contributed by atoms with Gasteiger partial charge in [0.15, 0.2) is 0 Å². The summed E-state index contributed by atoms with van der Waals surface area (Å²) < 4.78 is 5.22. The summed E-state index contributed by atoms with van der Waals surface area (Å²) in [4.78, 5) is 35.1. The lowest BCUT2D eigenvalue weighted by Gasteiger charge is -2.60. The summed E-state index contributed by atoms with van der Waals surface area (Å²) in [5.74, 6) is 0.175. The molecule has 23 heavy (non-hydrogen) atoms. The van der Waals surface area contributed by atoms with Gasteiger partial charge in [0.1, 0.15) is 0 Å².